The molecule has 29 heavy (non-hydrogen) atoms. The fourth-order valence-electron chi connectivity index (χ4n) is 4.79. The zero-order valence-electron chi connectivity index (χ0n) is 17.1. The largest absolute Gasteiger partial charge is 0.206 e. The molecule has 0 unspecified atom stereocenters. The van der Waals surface area contributed by atoms with Crippen molar-refractivity contribution < 1.29 is 4.39 Å². The Labute approximate surface area is 173 Å². The van der Waals surface area contributed by atoms with Crippen molar-refractivity contribution in [3.05, 3.63) is 71.5 Å². The summed E-state index contributed by atoms with van der Waals surface area (Å²) in [6.45, 7) is 2.27. The van der Waals surface area contributed by atoms with Crippen LogP contribution in [0.25, 0.3) is 21.9 Å². The lowest BCUT2D eigenvalue weighted by Crippen LogP contribution is -2.13. The number of hydrogen-bond acceptors (Lipinski definition) is 1. The van der Waals surface area contributed by atoms with Gasteiger partial charge >= 0.3 is 0 Å². The summed E-state index contributed by atoms with van der Waals surface area (Å²) in [6, 6.07) is 19.4. The SMILES string of the molecule is CCCC[C@H]1CC[C@H](c2ccc3c(F)c(-c4ccc(C#N)cc4)ccc3c2)CC1. The molecular weight excluding hydrogens is 357 g/mol. The fraction of sp³-hybridized carbons (Fsp3) is 0.370. The lowest BCUT2D eigenvalue weighted by molar-refractivity contribution is 0.304. The second-order valence-electron chi connectivity index (χ2n) is 8.46. The number of hydrogen-bond donors (Lipinski definition) is 0. The molecule has 1 nitrogen and oxygen atoms in total. The molecule has 0 atom stereocenters. The monoisotopic (exact) mass is 385 g/mol. The summed E-state index contributed by atoms with van der Waals surface area (Å²) in [7, 11) is 0. The van der Waals surface area contributed by atoms with Gasteiger partial charge in [-0.15, -0.1) is 0 Å². The molecule has 4 rings (SSSR count). The van der Waals surface area contributed by atoms with Gasteiger partial charge in [0.15, 0.2) is 0 Å². The molecule has 2 heteroatoms. The highest BCUT2D eigenvalue weighted by atomic mass is 19.1. The van der Waals surface area contributed by atoms with Crippen LogP contribution < -0.4 is 0 Å². The number of benzene rings is 3. The van der Waals surface area contributed by atoms with Crippen LogP contribution in [-0.4, -0.2) is 0 Å². The molecule has 1 saturated carbocycles. The number of nitrogens with zero attached hydrogens (tertiary/aromatic N) is 1. The molecule has 0 spiro atoms. The van der Waals surface area contributed by atoms with Crippen LogP contribution in [0, 0.1) is 23.1 Å². The molecular formula is C27H28FN. The number of rotatable bonds is 5. The fourth-order valence-corrected chi connectivity index (χ4v) is 4.79. The minimum atomic E-state index is -0.179. The van der Waals surface area contributed by atoms with Crippen molar-refractivity contribution in [1.82, 2.24) is 0 Å². The first-order valence-electron chi connectivity index (χ1n) is 10.9. The number of nitriles is 1. The average Bonchev–Trinajstić information content (AvgIpc) is 2.78. The van der Waals surface area contributed by atoms with Crippen molar-refractivity contribution in [3.8, 4) is 17.2 Å². The van der Waals surface area contributed by atoms with E-state index in [1.165, 1.54) is 50.5 Å². The Morgan fingerprint density at radius 3 is 2.41 bits per heavy atom. The summed E-state index contributed by atoms with van der Waals surface area (Å²) in [5, 5.41) is 10.6. The molecule has 0 heterocycles. The Balaban J connectivity index is 1.55. The topological polar surface area (TPSA) is 23.8 Å². The average molecular weight is 386 g/mol. The molecule has 0 radical (unpaired) electrons. The normalized spacial score (nSPS) is 19.2. The van der Waals surface area contributed by atoms with Gasteiger partial charge in [0.1, 0.15) is 5.82 Å². The van der Waals surface area contributed by atoms with Gasteiger partial charge in [-0.25, -0.2) is 4.39 Å². The van der Waals surface area contributed by atoms with E-state index in [1.54, 1.807) is 12.1 Å². The maximum Gasteiger partial charge on any atom is 0.138 e. The number of fused-ring (bicyclic) bond motifs is 1. The summed E-state index contributed by atoms with van der Waals surface area (Å²) >= 11 is 0. The first-order chi connectivity index (χ1) is 14.2. The number of unbranched alkanes of at least 4 members (excludes halogenated alkanes) is 1. The maximum absolute atomic E-state index is 15.2. The summed E-state index contributed by atoms with van der Waals surface area (Å²) in [6.07, 6.45) is 9.19. The van der Waals surface area contributed by atoms with Gasteiger partial charge in [-0.1, -0.05) is 68.7 Å². The van der Waals surface area contributed by atoms with E-state index >= 15 is 4.39 Å². The molecule has 3 aromatic rings. The van der Waals surface area contributed by atoms with Crippen molar-refractivity contribution in [2.75, 3.05) is 0 Å². The minimum Gasteiger partial charge on any atom is -0.206 e. The smallest absolute Gasteiger partial charge is 0.138 e. The summed E-state index contributed by atoms with van der Waals surface area (Å²) in [5.41, 5.74) is 3.34. The van der Waals surface area contributed by atoms with Crippen molar-refractivity contribution in [2.24, 2.45) is 5.92 Å². The van der Waals surface area contributed by atoms with Crippen molar-refractivity contribution in [2.45, 2.75) is 57.8 Å². The summed E-state index contributed by atoms with van der Waals surface area (Å²) in [4.78, 5) is 0. The predicted molar refractivity (Wildman–Crippen MR) is 118 cm³/mol. The summed E-state index contributed by atoms with van der Waals surface area (Å²) < 4.78 is 15.2. The third kappa shape index (κ3) is 4.20. The second kappa shape index (κ2) is 8.78. The van der Waals surface area contributed by atoms with Crippen LogP contribution in [0.3, 0.4) is 0 Å². The molecule has 0 aliphatic heterocycles. The van der Waals surface area contributed by atoms with E-state index in [4.69, 9.17) is 5.26 Å². The molecule has 1 aliphatic carbocycles. The van der Waals surface area contributed by atoms with Gasteiger partial charge < -0.3 is 0 Å². The molecule has 0 saturated heterocycles. The third-order valence-corrected chi connectivity index (χ3v) is 6.59. The first kappa shape index (κ1) is 19.6. The molecule has 3 aromatic carbocycles. The molecule has 1 fully saturated rings. The van der Waals surface area contributed by atoms with Gasteiger partial charge in [0, 0.05) is 10.9 Å². The van der Waals surface area contributed by atoms with E-state index in [1.807, 2.05) is 30.3 Å². The quantitative estimate of drug-likeness (QED) is 0.437. The van der Waals surface area contributed by atoms with E-state index in [-0.39, 0.29) is 5.82 Å². The zero-order valence-corrected chi connectivity index (χ0v) is 17.1. The Hall–Kier alpha value is -2.66. The Morgan fingerprint density at radius 2 is 1.72 bits per heavy atom. The Kier molecular flexibility index (Phi) is 5.95. The first-order valence-corrected chi connectivity index (χ1v) is 10.9. The van der Waals surface area contributed by atoms with Gasteiger partial charge in [0.2, 0.25) is 0 Å². The Morgan fingerprint density at radius 1 is 0.966 bits per heavy atom. The lowest BCUT2D eigenvalue weighted by Gasteiger charge is -2.29. The van der Waals surface area contributed by atoms with Crippen LogP contribution in [-0.2, 0) is 0 Å². The van der Waals surface area contributed by atoms with E-state index in [0.717, 1.165) is 16.9 Å². The second-order valence-corrected chi connectivity index (χ2v) is 8.46. The molecule has 0 amide bonds. The molecule has 0 bridgehead atoms. The molecule has 0 aromatic heterocycles. The van der Waals surface area contributed by atoms with E-state index in [2.05, 4.69) is 25.1 Å². The van der Waals surface area contributed by atoms with Crippen LogP contribution >= 0.6 is 0 Å². The van der Waals surface area contributed by atoms with E-state index < -0.39 is 0 Å². The van der Waals surface area contributed by atoms with Gasteiger partial charge in [-0.3, -0.25) is 0 Å². The van der Waals surface area contributed by atoms with Crippen molar-refractivity contribution >= 4 is 10.8 Å². The standard InChI is InChI=1S/C27H28FN/c1-2-3-4-19-5-9-21(10-6-19)23-13-15-26-24(17-23)14-16-25(27(26)28)22-11-7-20(18-29)8-12-22/h7-8,11-17,19,21H,2-6,9-10H2,1H3/t19-,21-. The molecule has 148 valence electrons. The van der Waals surface area contributed by atoms with Gasteiger partial charge in [-0.2, -0.15) is 5.26 Å². The molecule has 1 aliphatic rings. The third-order valence-electron chi connectivity index (χ3n) is 6.59. The highest BCUT2D eigenvalue weighted by Gasteiger charge is 2.22. The van der Waals surface area contributed by atoms with Gasteiger partial charge in [-0.05, 0) is 66.2 Å². The van der Waals surface area contributed by atoms with Crippen LogP contribution in [0.2, 0.25) is 0 Å². The van der Waals surface area contributed by atoms with Gasteiger partial charge in [0.05, 0.1) is 11.6 Å². The van der Waals surface area contributed by atoms with Crippen molar-refractivity contribution in [1.29, 1.82) is 5.26 Å². The lowest BCUT2D eigenvalue weighted by atomic mass is 9.77. The van der Waals surface area contributed by atoms with Gasteiger partial charge in [0.25, 0.3) is 0 Å². The van der Waals surface area contributed by atoms with Crippen LogP contribution in [0.5, 0.6) is 0 Å². The highest BCUT2D eigenvalue weighted by molar-refractivity contribution is 5.89. The predicted octanol–water partition coefficient (Wildman–Crippen LogP) is 7.98. The molecule has 0 N–H and O–H groups in total. The Bertz CT molecular complexity index is 1020. The van der Waals surface area contributed by atoms with Crippen molar-refractivity contribution in [3.63, 3.8) is 0 Å². The summed E-state index contributed by atoms with van der Waals surface area (Å²) in [5.74, 6) is 1.33. The highest BCUT2D eigenvalue weighted by Crippen LogP contribution is 2.39. The van der Waals surface area contributed by atoms with Crippen LogP contribution in [0.15, 0.2) is 54.6 Å². The van der Waals surface area contributed by atoms with E-state index in [0.29, 0.717) is 22.4 Å². The minimum absolute atomic E-state index is 0.179. The zero-order chi connectivity index (χ0) is 20.2. The maximum atomic E-state index is 15.2. The van der Waals surface area contributed by atoms with Crippen LogP contribution in [0.4, 0.5) is 4.39 Å². The van der Waals surface area contributed by atoms with Crippen LogP contribution in [0.1, 0.15) is 68.9 Å². The number of halogens is 1. The van der Waals surface area contributed by atoms with E-state index in [9.17, 15) is 0 Å².